The fourth-order valence-electron chi connectivity index (χ4n) is 1.83. The summed E-state index contributed by atoms with van der Waals surface area (Å²) >= 11 is 1.63. The summed E-state index contributed by atoms with van der Waals surface area (Å²) < 4.78 is 5.33. The molecule has 0 amide bonds. The van der Waals surface area contributed by atoms with Gasteiger partial charge in [0.1, 0.15) is 10.8 Å². The third-order valence-corrected chi connectivity index (χ3v) is 3.35. The molecular weight excluding hydrogens is 208 g/mol. The molecule has 4 heteroatoms. The van der Waals surface area contributed by atoms with Gasteiger partial charge in [-0.1, -0.05) is 12.1 Å². The number of nitrogens with zero attached hydrogens (tertiary/aromatic N) is 1. The molecule has 3 rings (SSSR count). The van der Waals surface area contributed by atoms with E-state index in [0.717, 1.165) is 28.6 Å². The first-order valence-corrected chi connectivity index (χ1v) is 5.61. The first-order chi connectivity index (χ1) is 7.38. The van der Waals surface area contributed by atoms with Crippen LogP contribution < -0.4 is 10.1 Å². The molecule has 0 atom stereocenters. The minimum absolute atomic E-state index is 0.887. The van der Waals surface area contributed by atoms with Crippen molar-refractivity contribution < 1.29 is 4.74 Å². The lowest BCUT2D eigenvalue weighted by Crippen LogP contribution is -2.06. The van der Waals surface area contributed by atoms with Gasteiger partial charge in [-0.05, 0) is 11.6 Å². The summed E-state index contributed by atoms with van der Waals surface area (Å²) in [6.07, 6.45) is 0.887. The number of thiazole rings is 1. The minimum Gasteiger partial charge on any atom is -0.495 e. The number of nitrogens with one attached hydrogen (secondary N) is 1. The van der Waals surface area contributed by atoms with Crippen molar-refractivity contribution in [2.24, 2.45) is 0 Å². The van der Waals surface area contributed by atoms with Crippen LogP contribution in [0, 0.1) is 0 Å². The normalized spacial score (nSPS) is 12.6. The largest absolute Gasteiger partial charge is 0.495 e. The highest BCUT2D eigenvalue weighted by Gasteiger charge is 2.19. The zero-order chi connectivity index (χ0) is 10.3. The molecule has 3 nitrogen and oxygen atoms in total. The Kier molecular flexibility index (Phi) is 1.89. The number of hydrogen-bond donors (Lipinski definition) is 1. The molecular formula is C11H10N2OS. The molecule has 2 heterocycles. The van der Waals surface area contributed by atoms with Gasteiger partial charge in [0, 0.05) is 6.42 Å². The SMILES string of the molecule is COc1cccc2c1Nc1scnc1C2. The summed E-state index contributed by atoms with van der Waals surface area (Å²) in [5, 5.41) is 4.50. The Bertz CT molecular complexity index is 507. The highest BCUT2D eigenvalue weighted by atomic mass is 32.1. The van der Waals surface area contributed by atoms with Crippen molar-refractivity contribution in [2.45, 2.75) is 6.42 Å². The minimum atomic E-state index is 0.887. The van der Waals surface area contributed by atoms with Crippen LogP contribution in [0.25, 0.3) is 0 Å². The smallest absolute Gasteiger partial charge is 0.142 e. The fourth-order valence-corrected chi connectivity index (χ4v) is 2.53. The van der Waals surface area contributed by atoms with Crippen LogP contribution in [-0.2, 0) is 6.42 Å². The van der Waals surface area contributed by atoms with Crippen LogP contribution in [0.15, 0.2) is 23.7 Å². The maximum atomic E-state index is 5.33. The molecule has 1 aromatic carbocycles. The number of rotatable bonds is 1. The van der Waals surface area contributed by atoms with Crippen molar-refractivity contribution in [3.8, 4) is 5.75 Å². The van der Waals surface area contributed by atoms with Crippen molar-refractivity contribution in [1.29, 1.82) is 0 Å². The predicted octanol–water partition coefficient (Wildman–Crippen LogP) is 2.80. The molecule has 1 aliphatic rings. The Hall–Kier alpha value is -1.55. The van der Waals surface area contributed by atoms with Crippen LogP contribution in [0.4, 0.5) is 10.7 Å². The predicted molar refractivity (Wildman–Crippen MR) is 61.2 cm³/mol. The number of ether oxygens (including phenoxy) is 1. The molecule has 1 N–H and O–H groups in total. The standard InChI is InChI=1S/C11H10N2OS/c1-14-9-4-2-3-7-5-8-11(13-10(7)9)15-6-12-8/h2-4,6,13H,5H2,1H3. The van der Waals surface area contributed by atoms with E-state index in [2.05, 4.69) is 16.4 Å². The van der Waals surface area contributed by atoms with Crippen molar-refractivity contribution in [1.82, 2.24) is 4.98 Å². The lowest BCUT2D eigenvalue weighted by Gasteiger charge is -2.19. The maximum absolute atomic E-state index is 5.33. The second-order valence-electron chi connectivity index (χ2n) is 3.42. The van der Waals surface area contributed by atoms with E-state index >= 15 is 0 Å². The summed E-state index contributed by atoms with van der Waals surface area (Å²) in [4.78, 5) is 4.33. The van der Waals surface area contributed by atoms with Crippen molar-refractivity contribution in [3.05, 3.63) is 35.0 Å². The van der Waals surface area contributed by atoms with Gasteiger partial charge in [0.2, 0.25) is 0 Å². The van der Waals surface area contributed by atoms with Crippen LogP contribution in [-0.4, -0.2) is 12.1 Å². The summed E-state index contributed by atoms with van der Waals surface area (Å²) in [6, 6.07) is 6.09. The first kappa shape index (κ1) is 8.73. The van der Waals surface area contributed by atoms with E-state index in [4.69, 9.17) is 4.74 Å². The van der Waals surface area contributed by atoms with Crippen LogP contribution in [0.1, 0.15) is 11.3 Å². The van der Waals surface area contributed by atoms with E-state index in [-0.39, 0.29) is 0 Å². The number of benzene rings is 1. The number of methoxy groups -OCH3 is 1. The number of fused-ring (bicyclic) bond motifs is 2. The van der Waals surface area contributed by atoms with Gasteiger partial charge in [-0.3, -0.25) is 0 Å². The molecule has 0 saturated heterocycles. The van der Waals surface area contributed by atoms with E-state index < -0.39 is 0 Å². The Balaban J connectivity index is 2.13. The Morgan fingerprint density at radius 1 is 1.47 bits per heavy atom. The van der Waals surface area contributed by atoms with Gasteiger partial charge in [0.25, 0.3) is 0 Å². The maximum Gasteiger partial charge on any atom is 0.142 e. The van der Waals surface area contributed by atoms with E-state index in [1.165, 1.54) is 5.56 Å². The summed E-state index contributed by atoms with van der Waals surface area (Å²) in [5.41, 5.74) is 5.32. The summed E-state index contributed by atoms with van der Waals surface area (Å²) in [6.45, 7) is 0. The van der Waals surface area contributed by atoms with Crippen LogP contribution >= 0.6 is 11.3 Å². The van der Waals surface area contributed by atoms with E-state index in [9.17, 15) is 0 Å². The highest BCUT2D eigenvalue weighted by Crippen LogP contribution is 2.39. The molecule has 2 aromatic rings. The summed E-state index contributed by atoms with van der Waals surface area (Å²) in [5.74, 6) is 0.895. The van der Waals surface area contributed by atoms with Crippen LogP contribution in [0.2, 0.25) is 0 Å². The second kappa shape index (κ2) is 3.24. The quantitative estimate of drug-likeness (QED) is 0.682. The van der Waals surface area contributed by atoms with Gasteiger partial charge in [0.15, 0.2) is 0 Å². The van der Waals surface area contributed by atoms with E-state index in [1.807, 2.05) is 17.6 Å². The summed E-state index contributed by atoms with van der Waals surface area (Å²) in [7, 11) is 1.69. The number of hydrogen-bond acceptors (Lipinski definition) is 4. The molecule has 0 bridgehead atoms. The van der Waals surface area contributed by atoms with Crippen molar-refractivity contribution in [3.63, 3.8) is 0 Å². The topological polar surface area (TPSA) is 34.1 Å². The van der Waals surface area contributed by atoms with Gasteiger partial charge in [-0.25, -0.2) is 4.98 Å². The molecule has 0 spiro atoms. The van der Waals surface area contributed by atoms with Crippen molar-refractivity contribution in [2.75, 3.05) is 12.4 Å². The third-order valence-electron chi connectivity index (χ3n) is 2.57. The molecule has 0 fully saturated rings. The Morgan fingerprint density at radius 2 is 2.40 bits per heavy atom. The molecule has 0 unspecified atom stereocenters. The first-order valence-electron chi connectivity index (χ1n) is 4.74. The Labute approximate surface area is 91.7 Å². The van der Waals surface area contributed by atoms with Gasteiger partial charge < -0.3 is 10.1 Å². The molecule has 0 radical (unpaired) electrons. The fraction of sp³-hybridized carbons (Fsp3) is 0.182. The number of para-hydroxylation sites is 1. The van der Waals surface area contributed by atoms with Gasteiger partial charge >= 0.3 is 0 Å². The van der Waals surface area contributed by atoms with Gasteiger partial charge in [-0.2, -0.15) is 0 Å². The zero-order valence-electron chi connectivity index (χ0n) is 8.28. The number of anilines is 2. The van der Waals surface area contributed by atoms with E-state index in [1.54, 1.807) is 18.4 Å². The van der Waals surface area contributed by atoms with Gasteiger partial charge in [0.05, 0.1) is 24.0 Å². The monoisotopic (exact) mass is 218 g/mol. The second-order valence-corrected chi connectivity index (χ2v) is 4.28. The highest BCUT2D eigenvalue weighted by molar-refractivity contribution is 7.14. The number of aromatic nitrogens is 1. The average Bonchev–Trinajstić information content (AvgIpc) is 2.72. The molecule has 0 aliphatic carbocycles. The van der Waals surface area contributed by atoms with Gasteiger partial charge in [-0.15, -0.1) is 11.3 Å². The lowest BCUT2D eigenvalue weighted by atomic mass is 10.0. The van der Waals surface area contributed by atoms with E-state index in [0.29, 0.717) is 0 Å². The molecule has 0 saturated carbocycles. The average molecular weight is 218 g/mol. The van der Waals surface area contributed by atoms with Crippen molar-refractivity contribution >= 4 is 22.0 Å². The zero-order valence-corrected chi connectivity index (χ0v) is 9.10. The van der Waals surface area contributed by atoms with Crippen LogP contribution in [0.5, 0.6) is 5.75 Å². The lowest BCUT2D eigenvalue weighted by molar-refractivity contribution is 0.416. The Morgan fingerprint density at radius 3 is 3.27 bits per heavy atom. The van der Waals surface area contributed by atoms with Crippen LogP contribution in [0.3, 0.4) is 0 Å². The molecule has 76 valence electrons. The molecule has 1 aliphatic heterocycles. The third kappa shape index (κ3) is 1.29. The molecule has 1 aromatic heterocycles. The molecule has 15 heavy (non-hydrogen) atoms.